The van der Waals surface area contributed by atoms with Gasteiger partial charge in [0.1, 0.15) is 0 Å². The molecule has 0 radical (unpaired) electrons. The highest BCUT2D eigenvalue weighted by atomic mass is 16.5. The van der Waals surface area contributed by atoms with E-state index >= 15 is 0 Å². The van der Waals surface area contributed by atoms with Crippen LogP contribution >= 0.6 is 0 Å². The first-order valence-corrected chi connectivity index (χ1v) is 4.19. The molecular formula is C8H13NO3. The van der Waals surface area contributed by atoms with E-state index < -0.39 is 0 Å². The summed E-state index contributed by atoms with van der Waals surface area (Å²) in [5, 5.41) is 3.31. The van der Waals surface area contributed by atoms with Gasteiger partial charge in [0.2, 0.25) is 0 Å². The van der Waals surface area contributed by atoms with Crippen LogP contribution in [0, 0.1) is 5.92 Å². The molecule has 0 aromatic rings. The highest BCUT2D eigenvalue weighted by molar-refractivity contribution is 5.74. The number of rotatable bonds is 1. The molecule has 12 heavy (non-hydrogen) atoms. The van der Waals surface area contributed by atoms with Gasteiger partial charge >= 0.3 is 5.97 Å². The van der Waals surface area contributed by atoms with Crippen LogP contribution in [0.3, 0.4) is 0 Å². The maximum atomic E-state index is 11.3. The Morgan fingerprint density at radius 3 is 2.92 bits per heavy atom. The van der Waals surface area contributed by atoms with Crippen LogP contribution in [-0.4, -0.2) is 38.4 Å². The molecule has 4 heteroatoms. The Morgan fingerprint density at radius 2 is 2.42 bits per heavy atom. The molecule has 1 N–H and O–H groups in total. The van der Waals surface area contributed by atoms with Crippen molar-refractivity contribution >= 4 is 5.97 Å². The molecule has 0 bridgehead atoms. The molecule has 1 atom stereocenters. The number of methoxy groups -OCH3 is 1. The topological polar surface area (TPSA) is 47.6 Å². The molecule has 0 aromatic heterocycles. The average molecular weight is 171 g/mol. The van der Waals surface area contributed by atoms with Crippen molar-refractivity contribution in [2.24, 2.45) is 5.92 Å². The summed E-state index contributed by atoms with van der Waals surface area (Å²) in [6, 6.07) is 0. The van der Waals surface area contributed by atoms with Crippen molar-refractivity contribution in [3.8, 4) is 0 Å². The van der Waals surface area contributed by atoms with Gasteiger partial charge in [-0.2, -0.15) is 0 Å². The number of ether oxygens (including phenoxy) is 2. The fraction of sp³-hybridized carbons (Fsp3) is 0.875. The SMILES string of the molecule is COC(=O)C1CCNC12COC2. The van der Waals surface area contributed by atoms with E-state index in [4.69, 9.17) is 9.47 Å². The minimum Gasteiger partial charge on any atom is -0.469 e. The Hall–Kier alpha value is -0.610. The number of carbonyl (C=O) groups is 1. The summed E-state index contributed by atoms with van der Waals surface area (Å²) >= 11 is 0. The van der Waals surface area contributed by atoms with Gasteiger partial charge in [0.25, 0.3) is 0 Å². The van der Waals surface area contributed by atoms with E-state index in [1.54, 1.807) is 0 Å². The average Bonchev–Trinajstić information content (AvgIpc) is 2.45. The summed E-state index contributed by atoms with van der Waals surface area (Å²) in [6.45, 7) is 2.18. The second-order valence-electron chi connectivity index (χ2n) is 3.44. The van der Waals surface area contributed by atoms with Gasteiger partial charge in [0, 0.05) is 0 Å². The zero-order valence-corrected chi connectivity index (χ0v) is 7.13. The second kappa shape index (κ2) is 2.71. The summed E-state index contributed by atoms with van der Waals surface area (Å²) in [4.78, 5) is 11.3. The Labute approximate surface area is 71.2 Å². The number of carbonyl (C=O) groups excluding carboxylic acids is 1. The molecular weight excluding hydrogens is 158 g/mol. The minimum atomic E-state index is -0.108. The number of nitrogens with one attached hydrogen (secondary N) is 1. The van der Waals surface area contributed by atoms with E-state index in [0.717, 1.165) is 13.0 Å². The van der Waals surface area contributed by atoms with Gasteiger partial charge in [-0.3, -0.25) is 4.79 Å². The third-order valence-corrected chi connectivity index (χ3v) is 2.78. The molecule has 0 amide bonds. The van der Waals surface area contributed by atoms with Crippen molar-refractivity contribution in [1.29, 1.82) is 0 Å². The van der Waals surface area contributed by atoms with Gasteiger partial charge in [-0.05, 0) is 13.0 Å². The summed E-state index contributed by atoms with van der Waals surface area (Å²) in [5.74, 6) is -0.112. The quantitative estimate of drug-likeness (QED) is 0.542. The van der Waals surface area contributed by atoms with Crippen LogP contribution in [-0.2, 0) is 14.3 Å². The van der Waals surface area contributed by atoms with Crippen LogP contribution in [0.5, 0.6) is 0 Å². The van der Waals surface area contributed by atoms with Gasteiger partial charge in [0.15, 0.2) is 0 Å². The molecule has 2 rings (SSSR count). The molecule has 2 aliphatic heterocycles. The third-order valence-electron chi connectivity index (χ3n) is 2.78. The molecule has 2 saturated heterocycles. The highest BCUT2D eigenvalue weighted by Gasteiger charge is 2.52. The Morgan fingerprint density at radius 1 is 1.67 bits per heavy atom. The molecule has 0 saturated carbocycles. The molecule has 0 aromatic carbocycles. The first-order chi connectivity index (χ1) is 5.78. The van der Waals surface area contributed by atoms with Gasteiger partial charge in [-0.25, -0.2) is 0 Å². The lowest BCUT2D eigenvalue weighted by molar-refractivity contribution is -0.157. The van der Waals surface area contributed by atoms with Crippen LogP contribution in [0.2, 0.25) is 0 Å². The molecule has 1 spiro atoms. The maximum Gasteiger partial charge on any atom is 0.310 e. The monoisotopic (exact) mass is 171 g/mol. The van der Waals surface area contributed by atoms with E-state index in [0.29, 0.717) is 13.2 Å². The number of esters is 1. The molecule has 68 valence electrons. The maximum absolute atomic E-state index is 11.3. The molecule has 0 aliphatic carbocycles. The van der Waals surface area contributed by atoms with Gasteiger partial charge in [-0.15, -0.1) is 0 Å². The second-order valence-corrected chi connectivity index (χ2v) is 3.44. The molecule has 2 fully saturated rings. The van der Waals surface area contributed by atoms with Crippen LogP contribution in [0.4, 0.5) is 0 Å². The first kappa shape index (κ1) is 8.01. The highest BCUT2D eigenvalue weighted by Crippen LogP contribution is 2.33. The van der Waals surface area contributed by atoms with Crippen LogP contribution in [0.15, 0.2) is 0 Å². The molecule has 4 nitrogen and oxygen atoms in total. The lowest BCUT2D eigenvalue weighted by Crippen LogP contribution is -2.62. The fourth-order valence-corrected chi connectivity index (χ4v) is 1.98. The predicted octanol–water partition coefficient (Wildman–Crippen LogP) is -0.462. The van der Waals surface area contributed by atoms with Crippen molar-refractivity contribution < 1.29 is 14.3 Å². The van der Waals surface area contributed by atoms with Crippen molar-refractivity contribution in [2.45, 2.75) is 12.0 Å². The van der Waals surface area contributed by atoms with Crippen LogP contribution in [0.1, 0.15) is 6.42 Å². The zero-order chi connectivity index (χ0) is 8.60. The van der Waals surface area contributed by atoms with E-state index in [2.05, 4.69) is 5.32 Å². The van der Waals surface area contributed by atoms with E-state index in [1.165, 1.54) is 7.11 Å². The van der Waals surface area contributed by atoms with Crippen molar-refractivity contribution in [2.75, 3.05) is 26.9 Å². The smallest absolute Gasteiger partial charge is 0.310 e. The van der Waals surface area contributed by atoms with Gasteiger partial charge in [0.05, 0.1) is 31.8 Å². The lowest BCUT2D eigenvalue weighted by atomic mass is 9.84. The largest absolute Gasteiger partial charge is 0.469 e. The van der Waals surface area contributed by atoms with Crippen LogP contribution < -0.4 is 5.32 Å². The predicted molar refractivity (Wildman–Crippen MR) is 41.7 cm³/mol. The number of hydrogen-bond donors (Lipinski definition) is 1. The minimum absolute atomic E-state index is 0.00347. The summed E-state index contributed by atoms with van der Waals surface area (Å²) in [7, 11) is 1.44. The van der Waals surface area contributed by atoms with Crippen molar-refractivity contribution in [3.63, 3.8) is 0 Å². The zero-order valence-electron chi connectivity index (χ0n) is 7.13. The molecule has 2 aliphatic rings. The number of hydrogen-bond acceptors (Lipinski definition) is 4. The van der Waals surface area contributed by atoms with Gasteiger partial charge < -0.3 is 14.8 Å². The van der Waals surface area contributed by atoms with Crippen LogP contribution in [0.25, 0.3) is 0 Å². The third kappa shape index (κ3) is 0.949. The molecule has 1 unspecified atom stereocenters. The normalized spacial score (nSPS) is 31.6. The Bertz CT molecular complexity index is 200. The lowest BCUT2D eigenvalue weighted by Gasteiger charge is -2.41. The Balaban J connectivity index is 2.09. The van der Waals surface area contributed by atoms with Crippen molar-refractivity contribution in [1.82, 2.24) is 5.32 Å². The van der Waals surface area contributed by atoms with Crippen molar-refractivity contribution in [3.05, 3.63) is 0 Å². The van der Waals surface area contributed by atoms with E-state index in [9.17, 15) is 4.79 Å². The van der Waals surface area contributed by atoms with E-state index in [-0.39, 0.29) is 17.4 Å². The standard InChI is InChI=1S/C8H13NO3/c1-11-7(10)6-2-3-9-8(6)4-12-5-8/h6,9H,2-5H2,1H3. The Kier molecular flexibility index (Phi) is 1.81. The molecule has 2 heterocycles. The first-order valence-electron chi connectivity index (χ1n) is 4.19. The fourth-order valence-electron chi connectivity index (χ4n) is 1.98. The summed E-state index contributed by atoms with van der Waals surface area (Å²) < 4.78 is 9.85. The van der Waals surface area contributed by atoms with E-state index in [1.807, 2.05) is 0 Å². The van der Waals surface area contributed by atoms with Gasteiger partial charge in [-0.1, -0.05) is 0 Å². The summed E-state index contributed by atoms with van der Waals surface area (Å²) in [6.07, 6.45) is 0.871. The summed E-state index contributed by atoms with van der Waals surface area (Å²) in [5.41, 5.74) is -0.0902.